The van der Waals surface area contributed by atoms with Gasteiger partial charge in [0, 0.05) is 12.5 Å². The van der Waals surface area contributed by atoms with Gasteiger partial charge in [0.2, 0.25) is 5.91 Å². The smallest absolute Gasteiger partial charge is 0.414 e. The average molecular weight is 244 g/mol. The Kier molecular flexibility index (Phi) is 4.47. The fourth-order valence-electron chi connectivity index (χ4n) is 1.57. The van der Waals surface area contributed by atoms with E-state index in [9.17, 15) is 9.59 Å². The first-order valence-corrected chi connectivity index (χ1v) is 5.69. The Morgan fingerprint density at radius 2 is 2.06 bits per heavy atom. The maximum absolute atomic E-state index is 11.7. The molecule has 17 heavy (non-hydrogen) atoms. The fourth-order valence-corrected chi connectivity index (χ4v) is 1.57. The van der Waals surface area contributed by atoms with E-state index in [1.165, 1.54) is 0 Å². The molecule has 2 unspecified atom stereocenters. The zero-order valence-corrected chi connectivity index (χ0v) is 10.5. The van der Waals surface area contributed by atoms with E-state index in [2.05, 4.69) is 5.32 Å². The molecule has 98 valence electrons. The van der Waals surface area contributed by atoms with Crippen molar-refractivity contribution in [3.05, 3.63) is 0 Å². The van der Waals surface area contributed by atoms with Crippen molar-refractivity contribution in [3.63, 3.8) is 0 Å². The molecule has 0 aromatic carbocycles. The Morgan fingerprint density at radius 3 is 2.59 bits per heavy atom. The van der Waals surface area contributed by atoms with E-state index in [1.54, 1.807) is 20.8 Å². The first kappa shape index (κ1) is 13.9. The number of rotatable bonds is 1. The summed E-state index contributed by atoms with van der Waals surface area (Å²) >= 11 is 0. The Balaban J connectivity index is 2.40. The molecule has 1 aliphatic heterocycles. The van der Waals surface area contributed by atoms with Crippen LogP contribution in [0.15, 0.2) is 0 Å². The lowest BCUT2D eigenvalue weighted by atomic mass is 9.98. The Morgan fingerprint density at radius 1 is 1.41 bits per heavy atom. The molecule has 0 spiro atoms. The van der Waals surface area contributed by atoms with E-state index in [0.717, 1.165) is 0 Å². The highest BCUT2D eigenvalue weighted by Gasteiger charge is 2.28. The molecule has 0 radical (unpaired) electrons. The monoisotopic (exact) mass is 244 g/mol. The zero-order chi connectivity index (χ0) is 13.1. The lowest BCUT2D eigenvalue weighted by molar-refractivity contribution is -0.129. The summed E-state index contributed by atoms with van der Waals surface area (Å²) in [5.41, 5.74) is 4.96. The van der Waals surface area contributed by atoms with Crippen molar-refractivity contribution in [1.29, 1.82) is 0 Å². The third kappa shape index (κ3) is 5.14. The number of nitrogens with one attached hydrogen (secondary N) is 1. The van der Waals surface area contributed by atoms with Crippen LogP contribution in [0.3, 0.4) is 0 Å². The minimum atomic E-state index is -0.720. The maximum Gasteiger partial charge on any atom is 0.414 e. The number of carbonyl (C=O) groups is 2. The highest BCUT2D eigenvalue weighted by Crippen LogP contribution is 2.17. The summed E-state index contributed by atoms with van der Waals surface area (Å²) in [5, 5.41) is 2.22. The predicted octanol–water partition coefficient (Wildman–Crippen LogP) is 0.749. The molecule has 0 aromatic rings. The van der Waals surface area contributed by atoms with Gasteiger partial charge in [0.05, 0.1) is 0 Å². The summed E-state index contributed by atoms with van der Waals surface area (Å²) < 4.78 is 10.1. The first-order valence-electron chi connectivity index (χ1n) is 5.69. The van der Waals surface area contributed by atoms with Crippen LogP contribution in [-0.2, 0) is 14.3 Å². The number of carbonyl (C=O) groups excluding carboxylic acids is 2. The molecule has 2 atom stereocenters. The van der Waals surface area contributed by atoms with Gasteiger partial charge in [0.1, 0.15) is 11.8 Å². The zero-order valence-electron chi connectivity index (χ0n) is 10.5. The molecule has 0 aliphatic carbocycles. The Labute approximate surface area is 101 Å². The van der Waals surface area contributed by atoms with Crippen molar-refractivity contribution < 1.29 is 19.1 Å². The molecule has 1 rings (SSSR count). The second kappa shape index (κ2) is 5.46. The van der Waals surface area contributed by atoms with Crippen LogP contribution in [-0.4, -0.2) is 30.4 Å². The quantitative estimate of drug-likeness (QED) is 0.710. The maximum atomic E-state index is 11.7. The van der Waals surface area contributed by atoms with Gasteiger partial charge in [-0.2, -0.15) is 0 Å². The summed E-state index contributed by atoms with van der Waals surface area (Å²) in [6.45, 7) is 5.65. The standard InChI is InChI=1S/C11H20N2O4/c1-11(2,3)17-10(15)13-9(14)7-4-5-16-8(12)6-7/h7-8H,4-6,12H2,1-3H3,(H,13,14,15). The van der Waals surface area contributed by atoms with Crippen LogP contribution < -0.4 is 11.1 Å². The molecule has 0 bridgehead atoms. The van der Waals surface area contributed by atoms with Gasteiger partial charge in [-0.05, 0) is 33.6 Å². The summed E-state index contributed by atoms with van der Waals surface area (Å²) in [5.74, 6) is -0.635. The third-order valence-electron chi connectivity index (χ3n) is 2.31. The molecule has 1 aliphatic rings. The fraction of sp³-hybridized carbons (Fsp3) is 0.818. The number of hydrogen-bond acceptors (Lipinski definition) is 5. The molecule has 0 saturated carbocycles. The van der Waals surface area contributed by atoms with Crippen LogP contribution >= 0.6 is 0 Å². The number of imide groups is 1. The van der Waals surface area contributed by atoms with Gasteiger partial charge in [-0.1, -0.05) is 0 Å². The molecular weight excluding hydrogens is 224 g/mol. The molecule has 1 fully saturated rings. The van der Waals surface area contributed by atoms with E-state index in [1.807, 2.05) is 0 Å². The molecule has 1 saturated heterocycles. The second-order valence-electron chi connectivity index (χ2n) is 5.12. The largest absolute Gasteiger partial charge is 0.444 e. The summed E-state index contributed by atoms with van der Waals surface area (Å²) in [6, 6.07) is 0. The molecule has 3 N–H and O–H groups in total. The van der Waals surface area contributed by atoms with Crippen molar-refractivity contribution in [3.8, 4) is 0 Å². The number of amides is 2. The molecule has 6 heteroatoms. The van der Waals surface area contributed by atoms with Crippen LogP contribution in [0.5, 0.6) is 0 Å². The highest BCUT2D eigenvalue weighted by atomic mass is 16.6. The number of ether oxygens (including phenoxy) is 2. The number of hydrogen-bond donors (Lipinski definition) is 2. The lowest BCUT2D eigenvalue weighted by Crippen LogP contribution is -2.43. The van der Waals surface area contributed by atoms with Crippen molar-refractivity contribution in [2.24, 2.45) is 11.7 Å². The minimum absolute atomic E-state index is 0.286. The normalized spacial score (nSPS) is 25.2. The summed E-state index contributed by atoms with van der Waals surface area (Å²) in [7, 11) is 0. The summed E-state index contributed by atoms with van der Waals surface area (Å²) in [4.78, 5) is 23.1. The Hall–Kier alpha value is -1.14. The highest BCUT2D eigenvalue weighted by molar-refractivity contribution is 5.93. The van der Waals surface area contributed by atoms with Crippen LogP contribution in [0, 0.1) is 5.92 Å². The van der Waals surface area contributed by atoms with E-state index in [-0.39, 0.29) is 11.8 Å². The summed E-state index contributed by atoms with van der Waals surface area (Å²) in [6.07, 6.45) is -0.155. The lowest BCUT2D eigenvalue weighted by Gasteiger charge is -2.26. The minimum Gasteiger partial charge on any atom is -0.444 e. The van der Waals surface area contributed by atoms with Gasteiger partial charge >= 0.3 is 6.09 Å². The molecular formula is C11H20N2O4. The van der Waals surface area contributed by atoms with Gasteiger partial charge in [-0.3, -0.25) is 10.1 Å². The second-order valence-corrected chi connectivity index (χ2v) is 5.12. The van der Waals surface area contributed by atoms with Crippen molar-refractivity contribution in [1.82, 2.24) is 5.32 Å². The first-order chi connectivity index (χ1) is 7.78. The SMILES string of the molecule is CC(C)(C)OC(=O)NC(=O)C1CCOC(N)C1. The third-order valence-corrected chi connectivity index (χ3v) is 2.31. The van der Waals surface area contributed by atoms with E-state index >= 15 is 0 Å². The van der Waals surface area contributed by atoms with Crippen molar-refractivity contribution >= 4 is 12.0 Å². The number of alkyl carbamates (subject to hydrolysis) is 1. The van der Waals surface area contributed by atoms with Crippen LogP contribution in [0.4, 0.5) is 4.79 Å². The van der Waals surface area contributed by atoms with E-state index in [4.69, 9.17) is 15.2 Å². The Bertz CT molecular complexity index is 298. The average Bonchev–Trinajstić information content (AvgIpc) is 2.14. The van der Waals surface area contributed by atoms with Gasteiger partial charge < -0.3 is 15.2 Å². The van der Waals surface area contributed by atoms with E-state index < -0.39 is 17.9 Å². The molecule has 1 heterocycles. The van der Waals surface area contributed by atoms with Gasteiger partial charge in [-0.15, -0.1) is 0 Å². The van der Waals surface area contributed by atoms with E-state index in [0.29, 0.717) is 19.4 Å². The van der Waals surface area contributed by atoms with Crippen LogP contribution in [0.2, 0.25) is 0 Å². The molecule has 2 amide bonds. The molecule has 6 nitrogen and oxygen atoms in total. The van der Waals surface area contributed by atoms with Gasteiger partial charge in [0.25, 0.3) is 0 Å². The van der Waals surface area contributed by atoms with Crippen LogP contribution in [0.1, 0.15) is 33.6 Å². The number of nitrogens with two attached hydrogens (primary N) is 1. The van der Waals surface area contributed by atoms with Gasteiger partial charge in [-0.25, -0.2) is 4.79 Å². The van der Waals surface area contributed by atoms with Crippen molar-refractivity contribution in [2.45, 2.75) is 45.4 Å². The molecule has 0 aromatic heterocycles. The predicted molar refractivity (Wildman–Crippen MR) is 61.0 cm³/mol. The topological polar surface area (TPSA) is 90.6 Å². The van der Waals surface area contributed by atoms with Crippen LogP contribution in [0.25, 0.3) is 0 Å². The van der Waals surface area contributed by atoms with Crippen molar-refractivity contribution in [2.75, 3.05) is 6.61 Å². The van der Waals surface area contributed by atoms with Gasteiger partial charge in [0.15, 0.2) is 0 Å².